The van der Waals surface area contributed by atoms with Gasteiger partial charge in [0, 0.05) is 13.1 Å². The van der Waals surface area contributed by atoms with Crippen LogP contribution in [0.4, 0.5) is 11.4 Å². The zero-order chi connectivity index (χ0) is 14.7. The second-order valence-electron chi connectivity index (χ2n) is 5.23. The minimum atomic E-state index is -0.646. The van der Waals surface area contributed by atoms with E-state index >= 15 is 0 Å². The minimum absolute atomic E-state index is 0.646. The van der Waals surface area contributed by atoms with E-state index in [2.05, 4.69) is 4.90 Å². The lowest BCUT2D eigenvalue weighted by molar-refractivity contribution is 0.123. The van der Waals surface area contributed by atoms with E-state index in [1.54, 1.807) is 0 Å². The molecule has 0 aromatic heterocycles. The number of hydrogen-bond acceptors (Lipinski definition) is 4. The molecule has 2 aromatic carbocycles. The molecule has 21 heavy (non-hydrogen) atoms. The zero-order valence-corrected chi connectivity index (χ0v) is 11.9. The molecule has 0 spiro atoms. The van der Waals surface area contributed by atoms with Gasteiger partial charge in [-0.25, -0.2) is 0 Å². The van der Waals surface area contributed by atoms with Gasteiger partial charge in [-0.3, -0.25) is 0 Å². The summed E-state index contributed by atoms with van der Waals surface area (Å²) in [5.41, 5.74) is 9.58. The molecule has 4 heteroatoms. The van der Waals surface area contributed by atoms with E-state index in [-0.39, 0.29) is 0 Å². The molecule has 2 aromatic rings. The van der Waals surface area contributed by atoms with Gasteiger partial charge < -0.3 is 20.5 Å². The molecule has 1 heterocycles. The first-order valence-corrected chi connectivity index (χ1v) is 7.21. The third-order valence-electron chi connectivity index (χ3n) is 3.83. The van der Waals surface area contributed by atoms with Crippen LogP contribution in [0.3, 0.4) is 0 Å². The van der Waals surface area contributed by atoms with Crippen LogP contribution in [-0.2, 0) is 4.74 Å². The SMILES string of the molecule is Nc1cc(C(O)c2ccccc2)ccc1N1CCOCC1. The number of ether oxygens (including phenoxy) is 1. The van der Waals surface area contributed by atoms with Crippen molar-refractivity contribution in [2.45, 2.75) is 6.10 Å². The van der Waals surface area contributed by atoms with Crippen molar-refractivity contribution in [1.29, 1.82) is 0 Å². The van der Waals surface area contributed by atoms with Gasteiger partial charge in [0.15, 0.2) is 0 Å². The second kappa shape index (κ2) is 6.16. The Morgan fingerprint density at radius 1 is 1.00 bits per heavy atom. The van der Waals surface area contributed by atoms with Gasteiger partial charge in [-0.15, -0.1) is 0 Å². The third kappa shape index (κ3) is 3.01. The zero-order valence-electron chi connectivity index (χ0n) is 11.9. The Bertz CT molecular complexity index is 595. The molecule has 4 nitrogen and oxygen atoms in total. The van der Waals surface area contributed by atoms with Crippen LogP contribution in [0, 0.1) is 0 Å². The summed E-state index contributed by atoms with van der Waals surface area (Å²) in [7, 11) is 0. The van der Waals surface area contributed by atoms with Crippen molar-refractivity contribution in [3.63, 3.8) is 0 Å². The molecule has 110 valence electrons. The van der Waals surface area contributed by atoms with Crippen LogP contribution in [-0.4, -0.2) is 31.4 Å². The Labute approximate surface area is 124 Å². The highest BCUT2D eigenvalue weighted by atomic mass is 16.5. The Hall–Kier alpha value is -2.04. The summed E-state index contributed by atoms with van der Waals surface area (Å²) in [6, 6.07) is 15.4. The summed E-state index contributed by atoms with van der Waals surface area (Å²) in [6.45, 7) is 3.16. The van der Waals surface area contributed by atoms with E-state index in [4.69, 9.17) is 10.5 Å². The summed E-state index contributed by atoms with van der Waals surface area (Å²) in [5.74, 6) is 0. The van der Waals surface area contributed by atoms with Crippen molar-refractivity contribution in [3.05, 3.63) is 59.7 Å². The van der Waals surface area contributed by atoms with E-state index < -0.39 is 6.10 Å². The lowest BCUT2D eigenvalue weighted by Crippen LogP contribution is -2.36. The number of aliphatic hydroxyl groups excluding tert-OH is 1. The molecular weight excluding hydrogens is 264 g/mol. The summed E-state index contributed by atoms with van der Waals surface area (Å²) in [5, 5.41) is 10.4. The molecule has 1 aliphatic heterocycles. The number of hydrogen-bond donors (Lipinski definition) is 2. The van der Waals surface area contributed by atoms with E-state index in [1.807, 2.05) is 48.5 Å². The normalized spacial score (nSPS) is 16.7. The van der Waals surface area contributed by atoms with Crippen LogP contribution in [0.5, 0.6) is 0 Å². The average Bonchev–Trinajstić information content (AvgIpc) is 2.55. The lowest BCUT2D eigenvalue weighted by Gasteiger charge is -2.30. The Balaban J connectivity index is 1.83. The number of aliphatic hydroxyl groups is 1. The number of morpholine rings is 1. The maximum Gasteiger partial charge on any atom is 0.104 e. The van der Waals surface area contributed by atoms with Gasteiger partial charge in [0.05, 0.1) is 24.6 Å². The largest absolute Gasteiger partial charge is 0.397 e. The number of anilines is 2. The molecule has 1 aliphatic rings. The first kappa shape index (κ1) is 13.9. The van der Waals surface area contributed by atoms with Crippen LogP contribution in [0.25, 0.3) is 0 Å². The van der Waals surface area contributed by atoms with E-state index in [0.717, 1.165) is 43.1 Å². The highest BCUT2D eigenvalue weighted by Gasteiger charge is 2.16. The molecule has 0 saturated carbocycles. The summed E-state index contributed by atoms with van der Waals surface area (Å²) < 4.78 is 5.36. The van der Waals surface area contributed by atoms with Crippen LogP contribution in [0.2, 0.25) is 0 Å². The Morgan fingerprint density at radius 2 is 1.71 bits per heavy atom. The number of nitrogens with zero attached hydrogens (tertiary/aromatic N) is 1. The third-order valence-corrected chi connectivity index (χ3v) is 3.83. The molecule has 0 aliphatic carbocycles. The number of benzene rings is 2. The molecule has 0 radical (unpaired) electrons. The predicted molar refractivity (Wildman–Crippen MR) is 84.4 cm³/mol. The highest BCUT2D eigenvalue weighted by molar-refractivity contribution is 5.69. The predicted octanol–water partition coefficient (Wildman–Crippen LogP) is 2.19. The van der Waals surface area contributed by atoms with Gasteiger partial charge in [-0.1, -0.05) is 36.4 Å². The monoisotopic (exact) mass is 284 g/mol. The van der Waals surface area contributed by atoms with Gasteiger partial charge in [-0.2, -0.15) is 0 Å². The van der Waals surface area contributed by atoms with Crippen LogP contribution < -0.4 is 10.6 Å². The van der Waals surface area contributed by atoms with Gasteiger partial charge in [-0.05, 0) is 23.3 Å². The Kier molecular flexibility index (Phi) is 4.08. The van der Waals surface area contributed by atoms with E-state index in [9.17, 15) is 5.11 Å². The van der Waals surface area contributed by atoms with Crippen LogP contribution in [0.1, 0.15) is 17.2 Å². The molecular formula is C17H20N2O2. The summed E-state index contributed by atoms with van der Waals surface area (Å²) in [4.78, 5) is 2.22. The van der Waals surface area contributed by atoms with Gasteiger partial charge in [0.25, 0.3) is 0 Å². The molecule has 3 rings (SSSR count). The van der Waals surface area contributed by atoms with E-state index in [0.29, 0.717) is 5.69 Å². The molecule has 1 unspecified atom stereocenters. The van der Waals surface area contributed by atoms with Crippen molar-refractivity contribution < 1.29 is 9.84 Å². The molecule has 1 atom stereocenters. The molecule has 0 amide bonds. The smallest absolute Gasteiger partial charge is 0.104 e. The molecule has 1 fully saturated rings. The quantitative estimate of drug-likeness (QED) is 0.848. The van der Waals surface area contributed by atoms with Crippen LogP contribution in [0.15, 0.2) is 48.5 Å². The van der Waals surface area contributed by atoms with Crippen molar-refractivity contribution in [2.24, 2.45) is 0 Å². The lowest BCUT2D eigenvalue weighted by atomic mass is 10.0. The first-order valence-electron chi connectivity index (χ1n) is 7.21. The number of rotatable bonds is 3. The fraction of sp³-hybridized carbons (Fsp3) is 0.294. The maximum absolute atomic E-state index is 10.4. The van der Waals surface area contributed by atoms with Crippen LogP contribution >= 0.6 is 0 Å². The standard InChI is InChI=1S/C17H20N2O2/c18-15-12-14(17(20)13-4-2-1-3-5-13)6-7-16(15)19-8-10-21-11-9-19/h1-7,12,17,20H,8-11,18H2. The van der Waals surface area contributed by atoms with Crippen molar-refractivity contribution in [1.82, 2.24) is 0 Å². The first-order chi connectivity index (χ1) is 10.3. The van der Waals surface area contributed by atoms with E-state index in [1.165, 1.54) is 0 Å². The molecule has 0 bridgehead atoms. The van der Waals surface area contributed by atoms with Gasteiger partial charge >= 0.3 is 0 Å². The number of nitrogen functional groups attached to an aromatic ring is 1. The molecule has 1 saturated heterocycles. The topological polar surface area (TPSA) is 58.7 Å². The summed E-state index contributed by atoms with van der Waals surface area (Å²) >= 11 is 0. The van der Waals surface area contributed by atoms with Gasteiger partial charge in [0.1, 0.15) is 6.10 Å². The van der Waals surface area contributed by atoms with Crippen molar-refractivity contribution in [2.75, 3.05) is 36.9 Å². The second-order valence-corrected chi connectivity index (χ2v) is 5.23. The fourth-order valence-corrected chi connectivity index (χ4v) is 2.66. The fourth-order valence-electron chi connectivity index (χ4n) is 2.66. The number of nitrogens with two attached hydrogens (primary N) is 1. The maximum atomic E-state index is 10.4. The average molecular weight is 284 g/mol. The Morgan fingerprint density at radius 3 is 2.38 bits per heavy atom. The van der Waals surface area contributed by atoms with Gasteiger partial charge in [0.2, 0.25) is 0 Å². The van der Waals surface area contributed by atoms with Crippen molar-refractivity contribution >= 4 is 11.4 Å². The minimum Gasteiger partial charge on any atom is -0.397 e. The molecule has 3 N–H and O–H groups in total. The summed E-state index contributed by atoms with van der Waals surface area (Å²) in [6.07, 6.45) is -0.646. The highest BCUT2D eigenvalue weighted by Crippen LogP contribution is 2.30. The van der Waals surface area contributed by atoms with Crippen molar-refractivity contribution in [3.8, 4) is 0 Å².